The molecule has 0 spiro atoms. The Morgan fingerprint density at radius 2 is 1.92 bits per heavy atom. The van der Waals surface area contributed by atoms with Crippen LogP contribution in [0.1, 0.15) is 16.8 Å². The lowest BCUT2D eigenvalue weighted by molar-refractivity contribution is -0.142. The van der Waals surface area contributed by atoms with Gasteiger partial charge in [0.25, 0.3) is 5.56 Å². The lowest BCUT2D eigenvalue weighted by Gasteiger charge is -2.15. The first kappa shape index (κ1) is 26.1. The van der Waals surface area contributed by atoms with Gasteiger partial charge in [-0.15, -0.1) is 0 Å². The summed E-state index contributed by atoms with van der Waals surface area (Å²) in [4.78, 5) is 28.0. The van der Waals surface area contributed by atoms with Crippen molar-refractivity contribution in [3.63, 3.8) is 0 Å². The van der Waals surface area contributed by atoms with E-state index >= 15 is 0 Å². The maximum atomic E-state index is 13.5. The van der Waals surface area contributed by atoms with E-state index in [2.05, 4.69) is 4.98 Å². The van der Waals surface area contributed by atoms with Crippen molar-refractivity contribution in [3.8, 4) is 17.6 Å². The van der Waals surface area contributed by atoms with Gasteiger partial charge in [-0.2, -0.15) is 18.4 Å². The zero-order valence-corrected chi connectivity index (χ0v) is 18.7. The first-order valence-electron chi connectivity index (χ1n) is 9.79. The summed E-state index contributed by atoms with van der Waals surface area (Å²) in [5.41, 5.74) is 1.97. The Bertz CT molecular complexity index is 1480. The fourth-order valence-electron chi connectivity index (χ4n) is 3.01. The average molecular weight is 520 g/mol. The summed E-state index contributed by atoms with van der Waals surface area (Å²) in [5.74, 6) is -3.05. The Hall–Kier alpha value is -4.50. The lowest BCUT2D eigenvalue weighted by Crippen LogP contribution is -2.28. The normalized spacial score (nSPS) is 11.6. The van der Waals surface area contributed by atoms with E-state index < -0.39 is 47.2 Å². The second kappa shape index (κ2) is 10.4. The van der Waals surface area contributed by atoms with Gasteiger partial charge in [0, 0.05) is 10.6 Å². The summed E-state index contributed by atoms with van der Waals surface area (Å²) >= 11 is 5.85. The molecule has 0 saturated carbocycles. The number of carbonyl (C=O) groups excluding carboxylic acids is 1. The van der Waals surface area contributed by atoms with Gasteiger partial charge in [-0.05, 0) is 42.0 Å². The molecule has 0 bridgehead atoms. The predicted octanol–water partition coefficient (Wildman–Crippen LogP) is 4.31. The van der Waals surface area contributed by atoms with Crippen molar-refractivity contribution >= 4 is 28.8 Å². The van der Waals surface area contributed by atoms with E-state index in [0.29, 0.717) is 10.9 Å². The van der Waals surface area contributed by atoms with E-state index in [1.165, 1.54) is 18.2 Å². The molecule has 13 heteroatoms. The van der Waals surface area contributed by atoms with Crippen LogP contribution in [0.3, 0.4) is 0 Å². The smallest absolute Gasteiger partial charge is 0.437 e. The quantitative estimate of drug-likeness (QED) is 0.272. The number of carbonyl (C=O) groups is 1. The summed E-state index contributed by atoms with van der Waals surface area (Å²) < 4.78 is 59.6. The molecule has 1 amide bonds. The number of alkyl halides is 3. The van der Waals surface area contributed by atoms with E-state index in [0.717, 1.165) is 30.3 Å². The first-order chi connectivity index (χ1) is 16.9. The van der Waals surface area contributed by atoms with E-state index in [9.17, 15) is 27.2 Å². The predicted molar refractivity (Wildman–Crippen MR) is 121 cm³/mol. The summed E-state index contributed by atoms with van der Waals surface area (Å²) in [7, 11) is 0. The molecule has 0 saturated heterocycles. The van der Waals surface area contributed by atoms with Crippen LogP contribution in [-0.2, 0) is 17.5 Å². The van der Waals surface area contributed by atoms with Crippen LogP contribution in [0.5, 0.6) is 11.5 Å². The van der Waals surface area contributed by atoms with Gasteiger partial charge < -0.3 is 15.9 Å². The molecular weight excluding hydrogens is 506 g/mol. The zero-order valence-electron chi connectivity index (χ0n) is 17.9. The number of halogens is 5. The third-order valence-corrected chi connectivity index (χ3v) is 4.78. The number of nitrogens with two attached hydrogens (primary N) is 1. The fourth-order valence-corrected chi connectivity index (χ4v) is 3.24. The molecule has 1 heterocycles. The molecule has 0 unspecified atom stereocenters. The molecule has 0 radical (unpaired) electrons. The Balaban J connectivity index is 2.02. The topological polar surface area (TPSA) is 135 Å². The number of rotatable bonds is 7. The number of nitrogens with one attached hydrogen (secondary N) is 1. The van der Waals surface area contributed by atoms with Gasteiger partial charge in [-0.25, -0.2) is 9.37 Å². The lowest BCUT2D eigenvalue weighted by atomic mass is 10.0. The van der Waals surface area contributed by atoms with Crippen molar-refractivity contribution < 1.29 is 27.1 Å². The van der Waals surface area contributed by atoms with Crippen LogP contribution in [0.25, 0.3) is 5.57 Å². The summed E-state index contributed by atoms with van der Waals surface area (Å²) in [6.45, 7) is -0.614. The molecule has 2 aromatic carbocycles. The summed E-state index contributed by atoms with van der Waals surface area (Å²) in [6.07, 6.45) is -3.50. The third-order valence-electron chi connectivity index (χ3n) is 4.57. The Labute approximate surface area is 205 Å². The molecular formula is C23H14ClF4N5O3. The van der Waals surface area contributed by atoms with Crippen LogP contribution in [0, 0.1) is 22.6 Å². The van der Waals surface area contributed by atoms with Gasteiger partial charge in [-0.3, -0.25) is 14.2 Å². The molecule has 8 nitrogen and oxygen atoms in total. The molecule has 0 aliphatic carbocycles. The van der Waals surface area contributed by atoms with Gasteiger partial charge in [-0.1, -0.05) is 23.7 Å². The van der Waals surface area contributed by atoms with Crippen molar-refractivity contribution in [2.75, 3.05) is 0 Å². The highest BCUT2D eigenvalue weighted by Gasteiger charge is 2.38. The molecule has 184 valence electrons. The minimum absolute atomic E-state index is 0.0199. The monoisotopic (exact) mass is 519 g/mol. The number of hydrogen-bond donors (Lipinski definition) is 2. The minimum atomic E-state index is -5.07. The van der Waals surface area contributed by atoms with E-state index in [4.69, 9.17) is 32.7 Å². The highest BCUT2D eigenvalue weighted by atomic mass is 35.5. The van der Waals surface area contributed by atoms with Gasteiger partial charge >= 0.3 is 6.18 Å². The van der Waals surface area contributed by atoms with Gasteiger partial charge in [0.1, 0.15) is 11.6 Å². The number of benzene rings is 2. The number of allylic oxidation sites excluding steroid dienone is 1. The molecule has 3 aromatic rings. The van der Waals surface area contributed by atoms with Crippen molar-refractivity contribution in [1.82, 2.24) is 9.55 Å². The number of ether oxygens (including phenoxy) is 1. The molecule has 3 rings (SSSR count). The Morgan fingerprint density at radius 1 is 1.25 bits per heavy atom. The number of amides is 1. The Kier molecular flexibility index (Phi) is 7.55. The van der Waals surface area contributed by atoms with Gasteiger partial charge in [0.2, 0.25) is 11.7 Å². The average Bonchev–Trinajstić information content (AvgIpc) is 2.79. The first-order valence-corrected chi connectivity index (χ1v) is 10.2. The zero-order chi connectivity index (χ0) is 26.6. The van der Waals surface area contributed by atoms with Crippen molar-refractivity contribution in [3.05, 3.63) is 92.9 Å². The van der Waals surface area contributed by atoms with Crippen LogP contribution in [-0.4, -0.2) is 21.2 Å². The second-order valence-corrected chi connectivity index (χ2v) is 7.63. The number of nitrogens with zero attached hydrogens (tertiary/aromatic N) is 3. The third kappa shape index (κ3) is 6.13. The minimum Gasteiger partial charge on any atom is -0.449 e. The van der Waals surface area contributed by atoms with Crippen molar-refractivity contribution in [1.29, 1.82) is 10.7 Å². The van der Waals surface area contributed by atoms with E-state index in [1.54, 1.807) is 6.07 Å². The van der Waals surface area contributed by atoms with Crippen LogP contribution in [0.2, 0.25) is 5.02 Å². The largest absolute Gasteiger partial charge is 0.449 e. The van der Waals surface area contributed by atoms with Crippen LogP contribution < -0.4 is 16.0 Å². The molecule has 36 heavy (non-hydrogen) atoms. The summed E-state index contributed by atoms with van der Waals surface area (Å²) in [6, 6.07) is 9.81. The fraction of sp³-hybridized carbons (Fsp3) is 0.0870. The number of primary amides is 1. The molecule has 0 atom stereocenters. The summed E-state index contributed by atoms with van der Waals surface area (Å²) in [5, 5.41) is 17.1. The highest BCUT2D eigenvalue weighted by molar-refractivity contribution is 6.30. The molecule has 3 N–H and O–H groups in total. The maximum absolute atomic E-state index is 13.5. The molecule has 0 fully saturated rings. The standard InChI is InChI=1S/C23H14ClF4N5O3/c24-14-5-12(9-29)6-17(7-14)36-19-20(23(26,27)28)32-11-33(22(19)35)10-16(30)8-18(21(31)34)13-1-3-15(25)4-2-13/h1-8,11,30H,10H2,(H2,31,34)/b18-8-,30-16?. The van der Waals surface area contributed by atoms with E-state index in [-0.39, 0.29) is 27.5 Å². The van der Waals surface area contributed by atoms with Crippen LogP contribution >= 0.6 is 11.6 Å². The van der Waals surface area contributed by atoms with Crippen LogP contribution in [0.4, 0.5) is 17.6 Å². The number of hydrogen-bond acceptors (Lipinski definition) is 6. The molecule has 0 aliphatic heterocycles. The van der Waals surface area contributed by atoms with Crippen LogP contribution in [0.15, 0.2) is 59.7 Å². The number of aromatic nitrogens is 2. The highest BCUT2D eigenvalue weighted by Crippen LogP contribution is 2.35. The van der Waals surface area contributed by atoms with Gasteiger partial charge in [0.15, 0.2) is 5.69 Å². The SMILES string of the molecule is N#Cc1cc(Cl)cc(Oc2c(C(F)(F)F)ncn(CC(=N)/C=C(\C(N)=O)c3ccc(F)cc3)c2=O)c1. The van der Waals surface area contributed by atoms with Crippen molar-refractivity contribution in [2.24, 2.45) is 5.73 Å². The maximum Gasteiger partial charge on any atom is 0.437 e. The Morgan fingerprint density at radius 3 is 2.50 bits per heavy atom. The van der Waals surface area contributed by atoms with Gasteiger partial charge in [0.05, 0.1) is 30.2 Å². The second-order valence-electron chi connectivity index (χ2n) is 7.20. The molecule has 1 aromatic heterocycles. The number of nitriles is 1. The molecule has 0 aliphatic rings. The van der Waals surface area contributed by atoms with E-state index in [1.807, 2.05) is 0 Å². The van der Waals surface area contributed by atoms with Crippen molar-refractivity contribution in [2.45, 2.75) is 12.7 Å².